The van der Waals surface area contributed by atoms with Crippen molar-refractivity contribution < 1.29 is 9.90 Å². The summed E-state index contributed by atoms with van der Waals surface area (Å²) in [6.45, 7) is 0.526. The maximum absolute atomic E-state index is 11.2. The number of aromatic nitrogens is 3. The summed E-state index contributed by atoms with van der Waals surface area (Å²) in [7, 11) is 0. The molecule has 0 unspecified atom stereocenters. The van der Waals surface area contributed by atoms with E-state index in [1.807, 2.05) is 12.4 Å². The van der Waals surface area contributed by atoms with Gasteiger partial charge in [0.15, 0.2) is 5.69 Å². The van der Waals surface area contributed by atoms with Crippen molar-refractivity contribution in [2.75, 3.05) is 0 Å². The highest BCUT2D eigenvalue weighted by Crippen LogP contribution is 2.21. The molecule has 5 nitrogen and oxygen atoms in total. The number of carboxylic acid groups (broad SMARTS) is 1. The van der Waals surface area contributed by atoms with Gasteiger partial charge >= 0.3 is 5.97 Å². The first kappa shape index (κ1) is 11.9. The Kier molecular flexibility index (Phi) is 3.03. The average molecular weight is 257 g/mol. The van der Waals surface area contributed by atoms with Gasteiger partial charge < -0.3 is 9.67 Å². The lowest BCUT2D eigenvalue weighted by molar-refractivity contribution is 0.0689. The zero-order chi connectivity index (χ0) is 13.2. The summed E-state index contributed by atoms with van der Waals surface area (Å²) in [6.07, 6.45) is 7.75. The summed E-state index contributed by atoms with van der Waals surface area (Å²) < 4.78 is 2.05. The number of carbonyl (C=O) groups is 1. The second-order valence-corrected chi connectivity index (χ2v) is 4.79. The molecule has 0 amide bonds. The molecular formula is C14H15N3O2. The Balaban J connectivity index is 1.94. The van der Waals surface area contributed by atoms with Gasteiger partial charge in [-0.1, -0.05) is 6.07 Å². The molecule has 0 spiro atoms. The van der Waals surface area contributed by atoms with Gasteiger partial charge in [-0.05, 0) is 31.7 Å². The molecule has 0 aromatic carbocycles. The molecule has 2 aromatic heterocycles. The Morgan fingerprint density at radius 2 is 2.16 bits per heavy atom. The Bertz CT molecular complexity index is 619. The molecule has 0 radical (unpaired) electrons. The number of pyridine rings is 1. The van der Waals surface area contributed by atoms with Gasteiger partial charge in [-0.15, -0.1) is 0 Å². The lowest BCUT2D eigenvalue weighted by Crippen LogP contribution is -2.12. The van der Waals surface area contributed by atoms with Crippen molar-refractivity contribution in [3.63, 3.8) is 0 Å². The lowest BCUT2D eigenvalue weighted by atomic mass is 10.0. The number of imidazole rings is 1. The van der Waals surface area contributed by atoms with Crippen LogP contribution in [0.3, 0.4) is 0 Å². The molecule has 5 heteroatoms. The summed E-state index contributed by atoms with van der Waals surface area (Å²) in [5.74, 6) is -0.982. The normalized spacial score (nSPS) is 14.1. The molecule has 0 saturated carbocycles. The van der Waals surface area contributed by atoms with E-state index in [1.165, 1.54) is 24.7 Å². The van der Waals surface area contributed by atoms with E-state index in [0.717, 1.165) is 24.1 Å². The summed E-state index contributed by atoms with van der Waals surface area (Å²) in [5.41, 5.74) is 3.25. The standard InChI is InChI=1S/C14H15N3O2/c18-14(19)13-10(4-3-7-15-13)8-17-9-16-11-5-1-2-6-12(11)17/h3-4,7,9H,1-2,5-6,8H2,(H,18,19). The van der Waals surface area contributed by atoms with Gasteiger partial charge in [0.05, 0.1) is 18.6 Å². The molecule has 0 bridgehead atoms. The maximum atomic E-state index is 11.2. The Labute approximate surface area is 110 Å². The molecular weight excluding hydrogens is 242 g/mol. The molecule has 98 valence electrons. The highest BCUT2D eigenvalue weighted by molar-refractivity contribution is 5.86. The van der Waals surface area contributed by atoms with E-state index in [0.29, 0.717) is 6.54 Å². The fourth-order valence-corrected chi connectivity index (χ4v) is 2.61. The van der Waals surface area contributed by atoms with Crippen LogP contribution in [-0.2, 0) is 19.4 Å². The predicted octanol–water partition coefficient (Wildman–Crippen LogP) is 1.90. The highest BCUT2D eigenvalue weighted by atomic mass is 16.4. The first-order chi connectivity index (χ1) is 9.25. The van der Waals surface area contributed by atoms with Gasteiger partial charge in [-0.25, -0.2) is 14.8 Å². The number of nitrogens with zero attached hydrogens (tertiary/aromatic N) is 3. The van der Waals surface area contributed by atoms with Crippen LogP contribution in [-0.4, -0.2) is 25.6 Å². The Morgan fingerprint density at radius 1 is 1.32 bits per heavy atom. The smallest absolute Gasteiger partial charge is 0.354 e. The minimum Gasteiger partial charge on any atom is -0.477 e. The third kappa shape index (κ3) is 2.23. The van der Waals surface area contributed by atoms with Crippen LogP contribution in [0.1, 0.15) is 40.3 Å². The summed E-state index contributed by atoms with van der Waals surface area (Å²) in [6, 6.07) is 3.58. The van der Waals surface area contributed by atoms with Crippen molar-refractivity contribution in [2.45, 2.75) is 32.2 Å². The van der Waals surface area contributed by atoms with E-state index in [4.69, 9.17) is 5.11 Å². The summed E-state index contributed by atoms with van der Waals surface area (Å²) >= 11 is 0. The van der Waals surface area contributed by atoms with Crippen LogP contribution in [0, 0.1) is 0 Å². The van der Waals surface area contributed by atoms with E-state index < -0.39 is 5.97 Å². The number of carboxylic acids is 1. The number of rotatable bonds is 3. The molecule has 19 heavy (non-hydrogen) atoms. The molecule has 2 aromatic rings. The Hall–Kier alpha value is -2.17. The van der Waals surface area contributed by atoms with Crippen LogP contribution >= 0.6 is 0 Å². The molecule has 0 aliphatic heterocycles. The fraction of sp³-hybridized carbons (Fsp3) is 0.357. The molecule has 1 aliphatic rings. The molecule has 1 aliphatic carbocycles. The van der Waals surface area contributed by atoms with E-state index in [2.05, 4.69) is 14.5 Å². The van der Waals surface area contributed by atoms with Crippen molar-refractivity contribution >= 4 is 5.97 Å². The van der Waals surface area contributed by atoms with Gasteiger partial charge in [0.2, 0.25) is 0 Å². The largest absolute Gasteiger partial charge is 0.477 e. The maximum Gasteiger partial charge on any atom is 0.354 e. The average Bonchev–Trinajstić information content (AvgIpc) is 2.83. The second kappa shape index (κ2) is 4.84. The number of hydrogen-bond acceptors (Lipinski definition) is 3. The van der Waals surface area contributed by atoms with Crippen molar-refractivity contribution in [1.82, 2.24) is 14.5 Å². The predicted molar refractivity (Wildman–Crippen MR) is 69.2 cm³/mol. The van der Waals surface area contributed by atoms with Crippen LogP contribution in [0.5, 0.6) is 0 Å². The number of aryl methyl sites for hydroxylation is 1. The minimum absolute atomic E-state index is 0.126. The van der Waals surface area contributed by atoms with Crippen molar-refractivity contribution in [2.24, 2.45) is 0 Å². The monoisotopic (exact) mass is 257 g/mol. The van der Waals surface area contributed by atoms with Gasteiger partial charge in [0, 0.05) is 17.5 Å². The van der Waals surface area contributed by atoms with E-state index >= 15 is 0 Å². The van der Waals surface area contributed by atoms with Gasteiger partial charge in [0.1, 0.15) is 0 Å². The van der Waals surface area contributed by atoms with Crippen LogP contribution in [0.4, 0.5) is 0 Å². The Morgan fingerprint density at radius 3 is 3.00 bits per heavy atom. The third-order valence-corrected chi connectivity index (χ3v) is 3.54. The third-order valence-electron chi connectivity index (χ3n) is 3.54. The molecule has 0 saturated heterocycles. The van der Waals surface area contributed by atoms with E-state index in [-0.39, 0.29) is 5.69 Å². The van der Waals surface area contributed by atoms with Gasteiger partial charge in [0.25, 0.3) is 0 Å². The summed E-state index contributed by atoms with van der Waals surface area (Å²) in [5, 5.41) is 9.15. The van der Waals surface area contributed by atoms with E-state index in [9.17, 15) is 4.79 Å². The molecule has 0 fully saturated rings. The molecule has 1 N–H and O–H groups in total. The van der Waals surface area contributed by atoms with Crippen LogP contribution in [0.15, 0.2) is 24.7 Å². The van der Waals surface area contributed by atoms with Crippen molar-refractivity contribution in [3.05, 3.63) is 47.3 Å². The van der Waals surface area contributed by atoms with Gasteiger partial charge in [-0.3, -0.25) is 0 Å². The highest BCUT2D eigenvalue weighted by Gasteiger charge is 2.17. The lowest BCUT2D eigenvalue weighted by Gasteiger charge is -2.14. The number of hydrogen-bond donors (Lipinski definition) is 1. The topological polar surface area (TPSA) is 68.0 Å². The first-order valence-corrected chi connectivity index (χ1v) is 6.46. The van der Waals surface area contributed by atoms with Crippen LogP contribution in [0.2, 0.25) is 0 Å². The first-order valence-electron chi connectivity index (χ1n) is 6.46. The quantitative estimate of drug-likeness (QED) is 0.911. The summed E-state index contributed by atoms with van der Waals surface area (Å²) in [4.78, 5) is 19.5. The SMILES string of the molecule is O=C(O)c1ncccc1Cn1cnc2c1CCCC2. The molecule has 0 atom stereocenters. The van der Waals surface area contributed by atoms with Crippen molar-refractivity contribution in [1.29, 1.82) is 0 Å². The number of aromatic carboxylic acids is 1. The number of fused-ring (bicyclic) bond motifs is 1. The minimum atomic E-state index is -0.982. The van der Waals surface area contributed by atoms with Crippen LogP contribution < -0.4 is 0 Å². The molecule has 2 heterocycles. The zero-order valence-electron chi connectivity index (χ0n) is 10.5. The van der Waals surface area contributed by atoms with Crippen molar-refractivity contribution in [3.8, 4) is 0 Å². The van der Waals surface area contributed by atoms with Gasteiger partial charge in [-0.2, -0.15) is 0 Å². The molecule has 3 rings (SSSR count). The zero-order valence-corrected chi connectivity index (χ0v) is 10.5. The van der Waals surface area contributed by atoms with E-state index in [1.54, 1.807) is 6.07 Å². The second-order valence-electron chi connectivity index (χ2n) is 4.79. The fourth-order valence-electron chi connectivity index (χ4n) is 2.61. The van der Waals surface area contributed by atoms with Crippen LogP contribution in [0.25, 0.3) is 0 Å².